The van der Waals surface area contributed by atoms with Gasteiger partial charge in [0.15, 0.2) is 0 Å². The molecule has 1 aliphatic carbocycles. The Hall–Kier alpha value is -0.580. The number of carbonyl (C=O) groups is 1. The van der Waals surface area contributed by atoms with Gasteiger partial charge in [0.25, 0.3) is 0 Å². The van der Waals surface area contributed by atoms with E-state index in [1.807, 2.05) is 24.3 Å². The normalized spacial score (nSPS) is 16.8. The maximum absolute atomic E-state index is 10.7. The Kier molecular flexibility index (Phi) is 2.53. The SMILES string of the molecule is O=C1CC(Oc2ccccc2I)C1. The number of para-hydroxylation sites is 1. The van der Waals surface area contributed by atoms with E-state index in [1.165, 1.54) is 0 Å². The van der Waals surface area contributed by atoms with Crippen LogP contribution in [0.2, 0.25) is 0 Å². The molecule has 0 amide bonds. The molecule has 1 saturated carbocycles. The molecule has 2 nitrogen and oxygen atoms in total. The van der Waals surface area contributed by atoms with Crippen LogP contribution < -0.4 is 4.74 Å². The highest BCUT2D eigenvalue weighted by atomic mass is 127. The first-order valence-corrected chi connectivity index (χ1v) is 5.26. The van der Waals surface area contributed by atoms with Crippen LogP contribution in [0.3, 0.4) is 0 Å². The monoisotopic (exact) mass is 288 g/mol. The lowest BCUT2D eigenvalue weighted by atomic mass is 9.94. The Morgan fingerprint density at radius 3 is 2.62 bits per heavy atom. The van der Waals surface area contributed by atoms with E-state index in [0.29, 0.717) is 18.6 Å². The second-order valence-corrected chi connectivity index (χ2v) is 4.28. The minimum Gasteiger partial charge on any atom is -0.488 e. The fourth-order valence-electron chi connectivity index (χ4n) is 1.25. The van der Waals surface area contributed by atoms with Crippen LogP contribution in [0.1, 0.15) is 12.8 Å². The van der Waals surface area contributed by atoms with Crippen molar-refractivity contribution >= 4 is 28.4 Å². The minimum atomic E-state index is 0.114. The molecule has 0 N–H and O–H groups in total. The molecule has 1 aromatic rings. The van der Waals surface area contributed by atoms with E-state index in [9.17, 15) is 4.79 Å². The van der Waals surface area contributed by atoms with E-state index in [0.717, 1.165) is 9.32 Å². The summed E-state index contributed by atoms with van der Waals surface area (Å²) >= 11 is 2.23. The van der Waals surface area contributed by atoms with Gasteiger partial charge in [0.2, 0.25) is 0 Å². The van der Waals surface area contributed by atoms with Crippen molar-refractivity contribution in [3.63, 3.8) is 0 Å². The summed E-state index contributed by atoms with van der Waals surface area (Å²) in [5.41, 5.74) is 0. The number of Topliss-reactive ketones (excluding diaryl/α,β-unsaturated/α-hetero) is 1. The average Bonchev–Trinajstić information content (AvgIpc) is 2.06. The van der Waals surface area contributed by atoms with Crippen LogP contribution in [-0.4, -0.2) is 11.9 Å². The average molecular weight is 288 g/mol. The second-order valence-electron chi connectivity index (χ2n) is 3.12. The van der Waals surface area contributed by atoms with Gasteiger partial charge in [0.05, 0.1) is 3.57 Å². The number of benzene rings is 1. The van der Waals surface area contributed by atoms with Gasteiger partial charge >= 0.3 is 0 Å². The number of carbonyl (C=O) groups excluding carboxylic acids is 1. The van der Waals surface area contributed by atoms with Crippen molar-refractivity contribution in [1.82, 2.24) is 0 Å². The predicted octanol–water partition coefficient (Wildman–Crippen LogP) is 2.40. The zero-order valence-corrected chi connectivity index (χ0v) is 9.15. The molecular weight excluding hydrogens is 279 g/mol. The van der Waals surface area contributed by atoms with Crippen LogP contribution in [0, 0.1) is 3.57 Å². The van der Waals surface area contributed by atoms with Gasteiger partial charge in [0, 0.05) is 12.8 Å². The third kappa shape index (κ3) is 2.02. The van der Waals surface area contributed by atoms with Gasteiger partial charge in [-0.05, 0) is 34.7 Å². The molecule has 0 aromatic heterocycles. The largest absolute Gasteiger partial charge is 0.488 e. The van der Waals surface area contributed by atoms with Crippen molar-refractivity contribution in [2.45, 2.75) is 18.9 Å². The van der Waals surface area contributed by atoms with E-state index in [1.54, 1.807) is 0 Å². The number of hydrogen-bond donors (Lipinski definition) is 0. The van der Waals surface area contributed by atoms with Crippen LogP contribution >= 0.6 is 22.6 Å². The van der Waals surface area contributed by atoms with E-state index in [-0.39, 0.29) is 6.10 Å². The molecule has 0 heterocycles. The van der Waals surface area contributed by atoms with Gasteiger partial charge in [-0.25, -0.2) is 0 Å². The molecule has 0 bridgehead atoms. The smallest absolute Gasteiger partial charge is 0.140 e. The molecule has 0 unspecified atom stereocenters. The van der Waals surface area contributed by atoms with Crippen molar-refractivity contribution in [2.75, 3.05) is 0 Å². The first kappa shape index (κ1) is 8.99. The van der Waals surface area contributed by atoms with Crippen LogP contribution in [0.4, 0.5) is 0 Å². The molecule has 0 atom stereocenters. The van der Waals surface area contributed by atoms with Crippen molar-refractivity contribution in [1.29, 1.82) is 0 Å². The Morgan fingerprint density at radius 1 is 1.31 bits per heavy atom. The fraction of sp³-hybridized carbons (Fsp3) is 0.300. The second kappa shape index (κ2) is 3.65. The van der Waals surface area contributed by atoms with Crippen molar-refractivity contribution in [2.24, 2.45) is 0 Å². The van der Waals surface area contributed by atoms with Gasteiger partial charge < -0.3 is 4.74 Å². The van der Waals surface area contributed by atoms with E-state index < -0.39 is 0 Å². The summed E-state index contributed by atoms with van der Waals surface area (Å²) in [5, 5.41) is 0. The molecule has 1 aromatic carbocycles. The Labute approximate surface area is 90.4 Å². The number of ketones is 1. The van der Waals surface area contributed by atoms with E-state index in [2.05, 4.69) is 22.6 Å². The van der Waals surface area contributed by atoms with Crippen LogP contribution in [0.15, 0.2) is 24.3 Å². The van der Waals surface area contributed by atoms with E-state index >= 15 is 0 Å². The highest BCUT2D eigenvalue weighted by molar-refractivity contribution is 14.1. The fourth-order valence-corrected chi connectivity index (χ4v) is 1.77. The number of ether oxygens (including phenoxy) is 1. The molecule has 0 radical (unpaired) electrons. The Bertz CT molecular complexity index is 327. The molecule has 13 heavy (non-hydrogen) atoms. The molecule has 2 rings (SSSR count). The molecule has 68 valence electrons. The molecular formula is C10H9IO2. The quantitative estimate of drug-likeness (QED) is 0.781. The van der Waals surface area contributed by atoms with Crippen LogP contribution in [0.25, 0.3) is 0 Å². The predicted molar refractivity (Wildman–Crippen MR) is 57.8 cm³/mol. The summed E-state index contributed by atoms with van der Waals surface area (Å²) in [4.78, 5) is 10.7. The summed E-state index contributed by atoms with van der Waals surface area (Å²) in [7, 11) is 0. The van der Waals surface area contributed by atoms with Crippen molar-refractivity contribution in [3.8, 4) is 5.75 Å². The maximum atomic E-state index is 10.7. The molecule has 1 fully saturated rings. The number of hydrogen-bond acceptors (Lipinski definition) is 2. The number of halogens is 1. The van der Waals surface area contributed by atoms with Gasteiger partial charge in [-0.15, -0.1) is 0 Å². The Morgan fingerprint density at radius 2 is 2.00 bits per heavy atom. The third-order valence-corrected chi connectivity index (χ3v) is 2.93. The van der Waals surface area contributed by atoms with Crippen molar-refractivity contribution < 1.29 is 9.53 Å². The highest BCUT2D eigenvalue weighted by Gasteiger charge is 2.28. The van der Waals surface area contributed by atoms with E-state index in [4.69, 9.17) is 4.74 Å². The lowest BCUT2D eigenvalue weighted by Crippen LogP contribution is -2.33. The molecule has 3 heteroatoms. The Balaban J connectivity index is 2.02. The van der Waals surface area contributed by atoms with Gasteiger partial charge in [-0.2, -0.15) is 0 Å². The first-order chi connectivity index (χ1) is 6.25. The van der Waals surface area contributed by atoms with Crippen molar-refractivity contribution in [3.05, 3.63) is 27.8 Å². The topological polar surface area (TPSA) is 26.3 Å². The summed E-state index contributed by atoms with van der Waals surface area (Å²) in [6, 6.07) is 7.85. The van der Waals surface area contributed by atoms with Crippen LogP contribution in [0.5, 0.6) is 5.75 Å². The lowest BCUT2D eigenvalue weighted by Gasteiger charge is -2.25. The lowest BCUT2D eigenvalue weighted by molar-refractivity contribution is -0.129. The van der Waals surface area contributed by atoms with Gasteiger partial charge in [-0.3, -0.25) is 4.79 Å². The maximum Gasteiger partial charge on any atom is 0.140 e. The van der Waals surface area contributed by atoms with Crippen LogP contribution in [-0.2, 0) is 4.79 Å². The molecule has 0 saturated heterocycles. The van der Waals surface area contributed by atoms with Gasteiger partial charge in [0.1, 0.15) is 17.6 Å². The number of rotatable bonds is 2. The summed E-state index contributed by atoms with van der Waals surface area (Å²) in [5.74, 6) is 1.19. The standard InChI is InChI=1S/C10H9IO2/c11-9-3-1-2-4-10(9)13-8-5-7(12)6-8/h1-4,8H,5-6H2. The first-order valence-electron chi connectivity index (χ1n) is 4.18. The minimum absolute atomic E-state index is 0.114. The summed E-state index contributed by atoms with van der Waals surface area (Å²) in [6.07, 6.45) is 1.26. The summed E-state index contributed by atoms with van der Waals surface area (Å²) < 4.78 is 6.72. The highest BCUT2D eigenvalue weighted by Crippen LogP contribution is 2.26. The third-order valence-electron chi connectivity index (χ3n) is 2.04. The molecule has 0 aliphatic heterocycles. The molecule has 0 spiro atoms. The van der Waals surface area contributed by atoms with Gasteiger partial charge in [-0.1, -0.05) is 12.1 Å². The summed E-state index contributed by atoms with van der Waals surface area (Å²) in [6.45, 7) is 0. The zero-order chi connectivity index (χ0) is 9.26. The molecule has 1 aliphatic rings. The zero-order valence-electron chi connectivity index (χ0n) is 7.00.